The van der Waals surface area contributed by atoms with Gasteiger partial charge in [-0.05, 0) is 32.0 Å². The molecule has 17 heavy (non-hydrogen) atoms. The summed E-state index contributed by atoms with van der Waals surface area (Å²) >= 11 is 0. The van der Waals surface area contributed by atoms with Gasteiger partial charge in [-0.3, -0.25) is 4.79 Å². The predicted molar refractivity (Wildman–Crippen MR) is 66.8 cm³/mol. The number of morpholine rings is 1. The molecule has 0 saturated carbocycles. The molecule has 0 spiro atoms. The number of rotatable bonds is 3. The molecule has 4 heteroatoms. The van der Waals surface area contributed by atoms with E-state index < -0.39 is 0 Å². The van der Waals surface area contributed by atoms with E-state index in [1.807, 2.05) is 37.3 Å². The Morgan fingerprint density at radius 2 is 2.12 bits per heavy atom. The van der Waals surface area contributed by atoms with Crippen LogP contribution in [0.15, 0.2) is 30.3 Å². The fraction of sp³-hybridized carbons (Fsp3) is 0.462. The summed E-state index contributed by atoms with van der Waals surface area (Å²) < 4.78 is 5.60. The number of carbonyl (C=O) groups excluding carboxylic acids is 1. The minimum absolute atomic E-state index is 0.00527. The van der Waals surface area contributed by atoms with Crippen LogP contribution in [-0.2, 0) is 9.53 Å². The lowest BCUT2D eigenvalue weighted by Crippen LogP contribution is -2.54. The summed E-state index contributed by atoms with van der Waals surface area (Å²) in [5.41, 5.74) is 6.17. The van der Waals surface area contributed by atoms with E-state index >= 15 is 0 Å². The Balaban J connectivity index is 2.18. The predicted octanol–water partition coefficient (Wildman–Crippen LogP) is 1.16. The topological polar surface area (TPSA) is 55.6 Å². The second kappa shape index (κ2) is 4.85. The molecule has 2 N–H and O–H groups in total. The molecule has 1 saturated heterocycles. The zero-order valence-corrected chi connectivity index (χ0v) is 10.1. The van der Waals surface area contributed by atoms with E-state index in [2.05, 4.69) is 0 Å². The lowest BCUT2D eigenvalue weighted by atomic mass is 9.99. The number of hydrogen-bond donors (Lipinski definition) is 1. The van der Waals surface area contributed by atoms with E-state index in [0.29, 0.717) is 13.1 Å². The lowest BCUT2D eigenvalue weighted by molar-refractivity contribution is -0.137. The fourth-order valence-electron chi connectivity index (χ4n) is 2.08. The van der Waals surface area contributed by atoms with Crippen LogP contribution in [0.25, 0.3) is 0 Å². The number of ether oxygens (including phenoxy) is 1. The molecular formula is C13H18N2O2. The second-order valence-corrected chi connectivity index (χ2v) is 4.59. The first kappa shape index (κ1) is 12.1. The first-order chi connectivity index (χ1) is 8.14. The average molecular weight is 234 g/mol. The molecule has 1 aliphatic heterocycles. The normalized spacial score (nSPS) is 25.1. The Morgan fingerprint density at radius 1 is 1.41 bits per heavy atom. The SMILES string of the molecule is CC1(CCN)CN(c2ccccc2)C(=O)CO1. The van der Waals surface area contributed by atoms with Crippen LogP contribution in [0.5, 0.6) is 0 Å². The number of benzene rings is 1. The molecule has 1 aromatic rings. The summed E-state index contributed by atoms with van der Waals surface area (Å²) in [6, 6.07) is 9.67. The number of amides is 1. The maximum atomic E-state index is 11.9. The molecule has 0 aliphatic carbocycles. The molecule has 1 unspecified atom stereocenters. The summed E-state index contributed by atoms with van der Waals surface area (Å²) in [7, 11) is 0. The smallest absolute Gasteiger partial charge is 0.253 e. The van der Waals surface area contributed by atoms with Gasteiger partial charge in [0.25, 0.3) is 5.91 Å². The van der Waals surface area contributed by atoms with Crippen LogP contribution < -0.4 is 10.6 Å². The molecular weight excluding hydrogens is 216 g/mol. The first-order valence-corrected chi connectivity index (χ1v) is 5.84. The molecule has 1 fully saturated rings. The Morgan fingerprint density at radius 3 is 2.76 bits per heavy atom. The first-order valence-electron chi connectivity index (χ1n) is 5.84. The zero-order chi connectivity index (χ0) is 12.3. The third kappa shape index (κ3) is 2.65. The largest absolute Gasteiger partial charge is 0.364 e. The van der Waals surface area contributed by atoms with Crippen molar-refractivity contribution in [3.05, 3.63) is 30.3 Å². The van der Waals surface area contributed by atoms with Gasteiger partial charge in [0.2, 0.25) is 0 Å². The van der Waals surface area contributed by atoms with Crippen LogP contribution in [0.1, 0.15) is 13.3 Å². The minimum Gasteiger partial charge on any atom is -0.364 e. The highest BCUT2D eigenvalue weighted by Crippen LogP contribution is 2.25. The minimum atomic E-state index is -0.335. The highest BCUT2D eigenvalue weighted by atomic mass is 16.5. The van der Waals surface area contributed by atoms with Gasteiger partial charge in [0.1, 0.15) is 6.61 Å². The summed E-state index contributed by atoms with van der Waals surface area (Å²) in [5, 5.41) is 0. The van der Waals surface area contributed by atoms with Gasteiger partial charge in [-0.1, -0.05) is 18.2 Å². The molecule has 1 atom stereocenters. The van der Waals surface area contributed by atoms with E-state index in [0.717, 1.165) is 12.1 Å². The third-order valence-electron chi connectivity index (χ3n) is 3.08. The van der Waals surface area contributed by atoms with Crippen LogP contribution in [0.2, 0.25) is 0 Å². The van der Waals surface area contributed by atoms with Crippen molar-refractivity contribution in [1.29, 1.82) is 0 Å². The summed E-state index contributed by atoms with van der Waals surface area (Å²) in [6.07, 6.45) is 0.754. The van der Waals surface area contributed by atoms with Gasteiger partial charge >= 0.3 is 0 Å². The Kier molecular flexibility index (Phi) is 3.45. The maximum absolute atomic E-state index is 11.9. The summed E-state index contributed by atoms with van der Waals surface area (Å²) in [6.45, 7) is 3.26. The van der Waals surface area contributed by atoms with E-state index in [4.69, 9.17) is 10.5 Å². The molecule has 1 aromatic carbocycles. The maximum Gasteiger partial charge on any atom is 0.253 e. The van der Waals surface area contributed by atoms with Crippen molar-refractivity contribution in [2.75, 3.05) is 24.6 Å². The van der Waals surface area contributed by atoms with E-state index in [-0.39, 0.29) is 18.1 Å². The molecule has 1 heterocycles. The van der Waals surface area contributed by atoms with Crippen molar-refractivity contribution >= 4 is 11.6 Å². The van der Waals surface area contributed by atoms with Crippen LogP contribution in [-0.4, -0.2) is 31.2 Å². The molecule has 0 radical (unpaired) electrons. The van der Waals surface area contributed by atoms with Crippen molar-refractivity contribution in [3.8, 4) is 0 Å². The quantitative estimate of drug-likeness (QED) is 0.853. The second-order valence-electron chi connectivity index (χ2n) is 4.59. The van der Waals surface area contributed by atoms with Gasteiger partial charge in [0, 0.05) is 5.69 Å². The van der Waals surface area contributed by atoms with Crippen LogP contribution in [0, 0.1) is 0 Å². The van der Waals surface area contributed by atoms with Gasteiger partial charge < -0.3 is 15.4 Å². The Labute approximate surface area is 101 Å². The van der Waals surface area contributed by atoms with E-state index in [1.165, 1.54) is 0 Å². The van der Waals surface area contributed by atoms with E-state index in [1.54, 1.807) is 4.90 Å². The number of carbonyl (C=O) groups is 1. The summed E-state index contributed by atoms with van der Waals surface area (Å²) in [4.78, 5) is 13.6. The zero-order valence-electron chi connectivity index (χ0n) is 10.1. The molecule has 1 amide bonds. The molecule has 2 rings (SSSR count). The molecule has 92 valence electrons. The molecule has 1 aliphatic rings. The van der Waals surface area contributed by atoms with Gasteiger partial charge in [0.05, 0.1) is 12.1 Å². The lowest BCUT2D eigenvalue weighted by Gasteiger charge is -2.40. The number of anilines is 1. The van der Waals surface area contributed by atoms with Gasteiger partial charge in [-0.15, -0.1) is 0 Å². The molecule has 4 nitrogen and oxygen atoms in total. The van der Waals surface area contributed by atoms with Gasteiger partial charge in [0.15, 0.2) is 0 Å². The highest BCUT2D eigenvalue weighted by molar-refractivity contribution is 5.95. The summed E-state index contributed by atoms with van der Waals surface area (Å²) in [5.74, 6) is 0.00527. The number of para-hydroxylation sites is 1. The van der Waals surface area contributed by atoms with Crippen molar-refractivity contribution in [2.45, 2.75) is 18.9 Å². The standard InChI is InChI=1S/C13H18N2O2/c1-13(7-8-14)10-15(12(16)9-17-13)11-5-3-2-4-6-11/h2-6H,7-10,14H2,1H3. The van der Waals surface area contributed by atoms with E-state index in [9.17, 15) is 4.79 Å². The van der Waals surface area contributed by atoms with Gasteiger partial charge in [-0.2, -0.15) is 0 Å². The van der Waals surface area contributed by atoms with Crippen molar-refractivity contribution in [1.82, 2.24) is 0 Å². The Bertz CT molecular complexity index is 394. The van der Waals surface area contributed by atoms with Crippen LogP contribution in [0.4, 0.5) is 5.69 Å². The van der Waals surface area contributed by atoms with Gasteiger partial charge in [-0.25, -0.2) is 0 Å². The molecule has 0 aromatic heterocycles. The monoisotopic (exact) mass is 234 g/mol. The fourth-order valence-corrected chi connectivity index (χ4v) is 2.08. The van der Waals surface area contributed by atoms with Crippen LogP contribution in [0.3, 0.4) is 0 Å². The van der Waals surface area contributed by atoms with Crippen molar-refractivity contribution < 1.29 is 9.53 Å². The molecule has 0 bridgehead atoms. The van der Waals surface area contributed by atoms with Crippen molar-refractivity contribution in [2.24, 2.45) is 5.73 Å². The number of nitrogens with two attached hydrogens (primary N) is 1. The average Bonchev–Trinajstić information content (AvgIpc) is 2.34. The van der Waals surface area contributed by atoms with Crippen LogP contribution >= 0.6 is 0 Å². The Hall–Kier alpha value is -1.39. The third-order valence-corrected chi connectivity index (χ3v) is 3.08. The highest BCUT2D eigenvalue weighted by Gasteiger charge is 2.35. The van der Waals surface area contributed by atoms with Crippen molar-refractivity contribution in [3.63, 3.8) is 0 Å². The number of nitrogens with zero attached hydrogens (tertiary/aromatic N) is 1. The number of hydrogen-bond acceptors (Lipinski definition) is 3.